The van der Waals surface area contributed by atoms with Gasteiger partial charge in [-0.25, -0.2) is 4.79 Å². The van der Waals surface area contributed by atoms with Crippen molar-refractivity contribution in [2.45, 2.75) is 43.7 Å². The Labute approximate surface area is 245 Å². The molecule has 8 nitrogen and oxygen atoms in total. The average molecular weight is 575 g/mol. The number of ether oxygens (including phenoxy) is 1. The molecule has 1 fully saturated rings. The smallest absolute Gasteiger partial charge is 0.411 e. The molecule has 0 aromatic heterocycles. The van der Waals surface area contributed by atoms with Gasteiger partial charge in [-0.3, -0.25) is 14.9 Å². The average Bonchev–Trinajstić information content (AvgIpc) is 3.01. The maximum atomic E-state index is 13.9. The molecule has 214 valence electrons. The number of amides is 3. The molecule has 2 aliphatic rings. The van der Waals surface area contributed by atoms with Crippen LogP contribution in [0.5, 0.6) is 0 Å². The molecule has 2 heterocycles. The molecule has 3 aromatic rings. The van der Waals surface area contributed by atoms with Gasteiger partial charge in [-0.2, -0.15) is 0 Å². The number of carbonyl (C=O) groups is 3. The van der Waals surface area contributed by atoms with Gasteiger partial charge in [0.25, 0.3) is 0 Å². The summed E-state index contributed by atoms with van der Waals surface area (Å²) in [5.41, 5.74) is 4.77. The van der Waals surface area contributed by atoms with Gasteiger partial charge in [0.15, 0.2) is 0 Å². The van der Waals surface area contributed by atoms with Crippen LogP contribution in [0.3, 0.4) is 0 Å². The van der Waals surface area contributed by atoms with Crippen LogP contribution in [-0.4, -0.2) is 55.6 Å². The molecule has 2 aliphatic heterocycles. The van der Waals surface area contributed by atoms with Crippen LogP contribution in [0.1, 0.15) is 47.1 Å². The standard InChI is InChI=1S/C32H35ClN4O4/c1-41-32(40)36-27-9-5-4-7-25(27)23-15-18-37(19-16-23)31(39)28(20-21-10-12-24(33)13-11-21)35-30(38)29-26-8-3-2-6-22(26)14-17-34-29/h2-13,23,28-29,34H,14-20H2,1H3,(H,35,38)(H,36,40)/t28-,29?/m1/s1. The zero-order valence-electron chi connectivity index (χ0n) is 23.1. The van der Waals surface area contributed by atoms with Crippen molar-refractivity contribution in [2.24, 2.45) is 0 Å². The summed E-state index contributed by atoms with van der Waals surface area (Å²) in [6.45, 7) is 1.80. The molecule has 3 N–H and O–H groups in total. The number of methoxy groups -OCH3 is 1. The van der Waals surface area contributed by atoms with Gasteiger partial charge in [0.2, 0.25) is 11.8 Å². The number of carbonyl (C=O) groups excluding carboxylic acids is 3. The molecule has 5 rings (SSSR count). The quantitative estimate of drug-likeness (QED) is 0.375. The fraction of sp³-hybridized carbons (Fsp3) is 0.344. The lowest BCUT2D eigenvalue weighted by Gasteiger charge is -2.36. The number of hydrogen-bond acceptors (Lipinski definition) is 5. The zero-order valence-corrected chi connectivity index (χ0v) is 23.8. The number of nitrogens with zero attached hydrogens (tertiary/aromatic N) is 1. The van der Waals surface area contributed by atoms with Gasteiger partial charge in [-0.05, 0) is 65.6 Å². The molecule has 0 spiro atoms. The monoisotopic (exact) mass is 574 g/mol. The predicted molar refractivity (Wildman–Crippen MR) is 159 cm³/mol. The predicted octanol–water partition coefficient (Wildman–Crippen LogP) is 4.84. The van der Waals surface area contributed by atoms with Crippen LogP contribution in [0.2, 0.25) is 5.02 Å². The van der Waals surface area contributed by atoms with E-state index in [1.807, 2.05) is 59.5 Å². The molecule has 3 amide bonds. The number of halogens is 1. The molecule has 0 saturated carbocycles. The third kappa shape index (κ3) is 6.89. The number of fused-ring (bicyclic) bond motifs is 1. The summed E-state index contributed by atoms with van der Waals surface area (Å²) in [4.78, 5) is 41.2. The third-order valence-electron chi connectivity index (χ3n) is 7.97. The van der Waals surface area contributed by atoms with Crippen molar-refractivity contribution < 1.29 is 19.1 Å². The van der Waals surface area contributed by atoms with Gasteiger partial charge in [-0.15, -0.1) is 0 Å². The fourth-order valence-electron chi connectivity index (χ4n) is 5.81. The van der Waals surface area contributed by atoms with E-state index in [0.29, 0.717) is 31.1 Å². The third-order valence-corrected chi connectivity index (χ3v) is 8.22. The summed E-state index contributed by atoms with van der Waals surface area (Å²) >= 11 is 6.09. The van der Waals surface area contributed by atoms with Crippen molar-refractivity contribution in [3.05, 3.63) is 100 Å². The first-order valence-electron chi connectivity index (χ1n) is 14.0. The number of anilines is 1. The van der Waals surface area contributed by atoms with Crippen LogP contribution in [-0.2, 0) is 27.2 Å². The van der Waals surface area contributed by atoms with Crippen molar-refractivity contribution in [1.82, 2.24) is 15.5 Å². The van der Waals surface area contributed by atoms with E-state index in [0.717, 1.165) is 47.2 Å². The van der Waals surface area contributed by atoms with Gasteiger partial charge in [0, 0.05) is 36.8 Å². The largest absolute Gasteiger partial charge is 0.453 e. The van der Waals surface area contributed by atoms with E-state index in [1.54, 1.807) is 12.1 Å². The van der Waals surface area contributed by atoms with Crippen molar-refractivity contribution in [3.8, 4) is 0 Å². The SMILES string of the molecule is COC(=O)Nc1ccccc1C1CCN(C(=O)[C@@H](Cc2ccc(Cl)cc2)NC(=O)C2NCCc3ccccc32)CC1. The maximum absolute atomic E-state index is 13.9. The molecule has 1 saturated heterocycles. The summed E-state index contributed by atoms with van der Waals surface area (Å²) in [5.74, 6) is -0.126. The van der Waals surface area contributed by atoms with Gasteiger partial charge >= 0.3 is 6.09 Å². The molecule has 9 heteroatoms. The Morgan fingerprint density at radius 1 is 0.976 bits per heavy atom. The summed E-state index contributed by atoms with van der Waals surface area (Å²) in [7, 11) is 1.34. The van der Waals surface area contributed by atoms with E-state index in [4.69, 9.17) is 16.3 Å². The lowest BCUT2D eigenvalue weighted by atomic mass is 9.88. The van der Waals surface area contributed by atoms with Crippen LogP contribution in [0.15, 0.2) is 72.8 Å². The van der Waals surface area contributed by atoms with Crippen LogP contribution in [0.4, 0.5) is 10.5 Å². The maximum Gasteiger partial charge on any atom is 0.411 e. The van der Waals surface area contributed by atoms with E-state index in [9.17, 15) is 14.4 Å². The number of para-hydroxylation sites is 1. The summed E-state index contributed by atoms with van der Waals surface area (Å²) < 4.78 is 4.77. The van der Waals surface area contributed by atoms with E-state index < -0.39 is 18.2 Å². The number of hydrogen-bond donors (Lipinski definition) is 3. The Bertz CT molecular complexity index is 1390. The normalized spacial score (nSPS) is 17.7. The molecular weight excluding hydrogens is 540 g/mol. The number of likely N-dealkylation sites (tertiary alicyclic amines) is 1. The number of nitrogens with one attached hydrogen (secondary N) is 3. The highest BCUT2D eigenvalue weighted by Crippen LogP contribution is 2.33. The minimum Gasteiger partial charge on any atom is -0.453 e. The topological polar surface area (TPSA) is 99.8 Å². The van der Waals surface area contributed by atoms with E-state index in [-0.39, 0.29) is 17.7 Å². The second-order valence-electron chi connectivity index (χ2n) is 10.5. The molecule has 0 aliphatic carbocycles. The summed E-state index contributed by atoms with van der Waals surface area (Å²) in [6, 6.07) is 21.8. The van der Waals surface area contributed by atoms with Crippen molar-refractivity contribution in [1.29, 1.82) is 0 Å². The number of benzene rings is 3. The van der Waals surface area contributed by atoms with Crippen LogP contribution >= 0.6 is 11.6 Å². The van der Waals surface area contributed by atoms with Gasteiger partial charge < -0.3 is 20.3 Å². The first-order chi connectivity index (χ1) is 19.9. The Morgan fingerprint density at radius 3 is 2.39 bits per heavy atom. The molecule has 2 atom stereocenters. The van der Waals surface area contributed by atoms with Gasteiger partial charge in [0.05, 0.1) is 7.11 Å². The van der Waals surface area contributed by atoms with Crippen LogP contribution < -0.4 is 16.0 Å². The zero-order chi connectivity index (χ0) is 28.8. The second kappa shape index (κ2) is 13.2. The summed E-state index contributed by atoms with van der Waals surface area (Å²) in [6.07, 6.45) is 2.19. The lowest BCUT2D eigenvalue weighted by Crippen LogP contribution is -2.54. The molecule has 0 bridgehead atoms. The van der Waals surface area contributed by atoms with E-state index in [1.165, 1.54) is 7.11 Å². The minimum absolute atomic E-state index is 0.100. The molecule has 3 aromatic carbocycles. The van der Waals surface area contributed by atoms with E-state index in [2.05, 4.69) is 22.0 Å². The highest BCUT2D eigenvalue weighted by Gasteiger charge is 2.33. The molecular formula is C32H35ClN4O4. The number of piperidine rings is 1. The Balaban J connectivity index is 1.30. The van der Waals surface area contributed by atoms with Crippen LogP contribution in [0.25, 0.3) is 0 Å². The van der Waals surface area contributed by atoms with Gasteiger partial charge in [0.1, 0.15) is 12.1 Å². The molecule has 41 heavy (non-hydrogen) atoms. The highest BCUT2D eigenvalue weighted by molar-refractivity contribution is 6.30. The Kier molecular flexibility index (Phi) is 9.21. The molecule has 1 unspecified atom stereocenters. The highest BCUT2D eigenvalue weighted by atomic mass is 35.5. The Morgan fingerprint density at radius 2 is 1.66 bits per heavy atom. The lowest BCUT2D eigenvalue weighted by molar-refractivity contribution is -0.137. The molecule has 0 radical (unpaired) electrons. The first-order valence-corrected chi connectivity index (χ1v) is 14.4. The van der Waals surface area contributed by atoms with E-state index >= 15 is 0 Å². The fourth-order valence-corrected chi connectivity index (χ4v) is 5.93. The van der Waals surface area contributed by atoms with Crippen molar-refractivity contribution >= 4 is 35.2 Å². The van der Waals surface area contributed by atoms with Crippen molar-refractivity contribution in [3.63, 3.8) is 0 Å². The second-order valence-corrected chi connectivity index (χ2v) is 11.0. The Hall–Kier alpha value is -3.88. The number of rotatable bonds is 7. The van der Waals surface area contributed by atoms with Crippen LogP contribution in [0, 0.1) is 0 Å². The van der Waals surface area contributed by atoms with Crippen molar-refractivity contribution in [2.75, 3.05) is 32.1 Å². The minimum atomic E-state index is -0.718. The summed E-state index contributed by atoms with van der Waals surface area (Å²) in [5, 5.41) is 9.82. The first kappa shape index (κ1) is 28.6. The van der Waals surface area contributed by atoms with Gasteiger partial charge in [-0.1, -0.05) is 66.2 Å².